The molecule has 3 rings (SSSR count). The first-order valence-electron chi connectivity index (χ1n) is 5.47. The molecule has 0 aromatic carbocycles. The fourth-order valence-electron chi connectivity index (χ4n) is 2.22. The first-order chi connectivity index (χ1) is 8.50. The Kier molecular flexibility index (Phi) is 2.34. The lowest BCUT2D eigenvalue weighted by atomic mass is 10.1. The van der Waals surface area contributed by atoms with E-state index < -0.39 is 35.8 Å². The third kappa shape index (κ3) is 1.36. The van der Waals surface area contributed by atoms with E-state index in [1.165, 1.54) is 7.05 Å². The van der Waals surface area contributed by atoms with Crippen LogP contribution in [0, 0.1) is 0 Å². The summed E-state index contributed by atoms with van der Waals surface area (Å²) in [4.78, 5) is 23.5. The summed E-state index contributed by atoms with van der Waals surface area (Å²) in [6, 6.07) is 1.16. The van der Waals surface area contributed by atoms with Crippen molar-refractivity contribution in [3.05, 3.63) is 26.9 Å². The monoisotopic (exact) mass is 256 g/mol. The maximum absolute atomic E-state index is 12.0. The molecule has 4 atom stereocenters. The first kappa shape index (κ1) is 11.5. The molecule has 2 aliphatic heterocycles. The van der Waals surface area contributed by atoms with Gasteiger partial charge in [0.2, 0.25) is 5.88 Å². The highest BCUT2D eigenvalue weighted by molar-refractivity contribution is 5.13. The zero-order valence-electron chi connectivity index (χ0n) is 9.52. The summed E-state index contributed by atoms with van der Waals surface area (Å²) in [6.45, 7) is -0.0265. The normalized spacial score (nSPS) is 33.7. The second-order valence-electron chi connectivity index (χ2n) is 4.39. The summed E-state index contributed by atoms with van der Waals surface area (Å²) in [5, 5.41) is 19.5. The molecule has 2 bridgehead atoms. The molecule has 2 N–H and O–H groups in total. The minimum Gasteiger partial charge on any atom is -0.476 e. The number of ether oxygens (including phenoxy) is 2. The van der Waals surface area contributed by atoms with Crippen LogP contribution in [0.4, 0.5) is 0 Å². The van der Waals surface area contributed by atoms with E-state index in [0.717, 1.165) is 15.2 Å². The topological polar surface area (TPSA) is 103 Å². The highest BCUT2D eigenvalue weighted by Gasteiger charge is 2.47. The lowest BCUT2D eigenvalue weighted by molar-refractivity contribution is -0.0342. The number of aromatic nitrogens is 2. The second-order valence-corrected chi connectivity index (χ2v) is 4.39. The number of hydrogen-bond donors (Lipinski definition) is 2. The van der Waals surface area contributed by atoms with Crippen molar-refractivity contribution in [1.82, 2.24) is 9.13 Å². The number of aliphatic hydroxyl groups is 2. The quantitative estimate of drug-likeness (QED) is 0.534. The van der Waals surface area contributed by atoms with Gasteiger partial charge in [0.05, 0.1) is 6.07 Å². The Morgan fingerprint density at radius 1 is 1.33 bits per heavy atom. The molecule has 0 radical (unpaired) electrons. The maximum atomic E-state index is 12.0. The van der Waals surface area contributed by atoms with Gasteiger partial charge < -0.3 is 19.7 Å². The number of fused-ring (bicyclic) bond motifs is 4. The molecule has 18 heavy (non-hydrogen) atoms. The van der Waals surface area contributed by atoms with Gasteiger partial charge in [-0.3, -0.25) is 9.36 Å². The van der Waals surface area contributed by atoms with Gasteiger partial charge in [-0.05, 0) is 0 Å². The van der Waals surface area contributed by atoms with E-state index in [0.29, 0.717) is 0 Å². The zero-order valence-corrected chi connectivity index (χ0v) is 9.52. The minimum absolute atomic E-state index is 0.0265. The highest BCUT2D eigenvalue weighted by Crippen LogP contribution is 2.33. The summed E-state index contributed by atoms with van der Waals surface area (Å²) >= 11 is 0. The molecule has 8 nitrogen and oxygen atoms in total. The van der Waals surface area contributed by atoms with Gasteiger partial charge in [-0.1, -0.05) is 0 Å². The molecule has 1 saturated heterocycles. The molecule has 0 aliphatic carbocycles. The Balaban J connectivity index is 2.24. The van der Waals surface area contributed by atoms with Crippen molar-refractivity contribution in [2.24, 2.45) is 7.05 Å². The van der Waals surface area contributed by atoms with Gasteiger partial charge in [0.15, 0.2) is 6.23 Å². The van der Waals surface area contributed by atoms with E-state index in [4.69, 9.17) is 9.47 Å². The van der Waals surface area contributed by atoms with Crippen molar-refractivity contribution in [3.8, 4) is 5.88 Å². The van der Waals surface area contributed by atoms with E-state index in [9.17, 15) is 19.8 Å². The molecule has 0 unspecified atom stereocenters. The lowest BCUT2D eigenvalue weighted by Crippen LogP contribution is -2.44. The maximum Gasteiger partial charge on any atom is 0.335 e. The fraction of sp³-hybridized carbons (Fsp3) is 0.600. The van der Waals surface area contributed by atoms with Crippen molar-refractivity contribution >= 4 is 0 Å². The fourth-order valence-corrected chi connectivity index (χ4v) is 2.22. The molecular weight excluding hydrogens is 244 g/mol. The molecule has 98 valence electrons. The predicted octanol–water partition coefficient (Wildman–Crippen LogP) is -2.44. The van der Waals surface area contributed by atoms with Crippen molar-refractivity contribution in [3.63, 3.8) is 0 Å². The smallest absolute Gasteiger partial charge is 0.335 e. The van der Waals surface area contributed by atoms with Crippen molar-refractivity contribution < 1.29 is 19.7 Å². The van der Waals surface area contributed by atoms with Crippen molar-refractivity contribution in [2.45, 2.75) is 24.5 Å². The molecule has 0 amide bonds. The minimum atomic E-state index is -1.23. The van der Waals surface area contributed by atoms with Crippen LogP contribution in [-0.2, 0) is 11.8 Å². The van der Waals surface area contributed by atoms with Crippen LogP contribution >= 0.6 is 0 Å². The van der Waals surface area contributed by atoms with Gasteiger partial charge in [-0.25, -0.2) is 9.36 Å². The van der Waals surface area contributed by atoms with Crippen LogP contribution in [0.3, 0.4) is 0 Å². The number of aliphatic hydroxyl groups excluding tert-OH is 2. The summed E-state index contributed by atoms with van der Waals surface area (Å²) < 4.78 is 12.6. The molecule has 3 heterocycles. The molecule has 1 aromatic heterocycles. The molecule has 1 fully saturated rings. The van der Waals surface area contributed by atoms with Gasteiger partial charge >= 0.3 is 5.69 Å². The van der Waals surface area contributed by atoms with Gasteiger partial charge in [0, 0.05) is 7.05 Å². The Bertz CT molecular complexity index is 605. The molecule has 2 aliphatic rings. The van der Waals surface area contributed by atoms with Crippen LogP contribution in [0.15, 0.2) is 15.7 Å². The largest absolute Gasteiger partial charge is 0.476 e. The first-order valence-corrected chi connectivity index (χ1v) is 5.47. The summed E-state index contributed by atoms with van der Waals surface area (Å²) in [5.41, 5.74) is -1.16. The molecule has 1 aromatic rings. The van der Waals surface area contributed by atoms with Gasteiger partial charge in [-0.2, -0.15) is 0 Å². The van der Waals surface area contributed by atoms with Gasteiger partial charge in [0.1, 0.15) is 24.9 Å². The molecule has 8 heteroatoms. The molecular formula is C10H12N2O6. The average molecular weight is 256 g/mol. The van der Waals surface area contributed by atoms with E-state index >= 15 is 0 Å². The van der Waals surface area contributed by atoms with Crippen molar-refractivity contribution in [2.75, 3.05) is 6.61 Å². The van der Waals surface area contributed by atoms with Crippen LogP contribution in [-0.4, -0.2) is 44.3 Å². The summed E-state index contributed by atoms with van der Waals surface area (Å²) in [5.74, 6) is 0.0431. The average Bonchev–Trinajstić information content (AvgIpc) is 2.54. The van der Waals surface area contributed by atoms with E-state index in [-0.39, 0.29) is 12.5 Å². The number of hydrogen-bond acceptors (Lipinski definition) is 6. The zero-order chi connectivity index (χ0) is 13.0. The van der Waals surface area contributed by atoms with Crippen LogP contribution in [0.25, 0.3) is 0 Å². The summed E-state index contributed by atoms with van der Waals surface area (Å²) in [6.07, 6.45) is -4.10. The number of nitrogens with zero attached hydrogens (tertiary/aromatic N) is 2. The predicted molar refractivity (Wildman–Crippen MR) is 57.4 cm³/mol. The molecule has 0 saturated carbocycles. The Hall–Kier alpha value is -1.64. The number of rotatable bonds is 0. The summed E-state index contributed by atoms with van der Waals surface area (Å²) in [7, 11) is 1.32. The Morgan fingerprint density at radius 2 is 2.06 bits per heavy atom. The third-order valence-corrected chi connectivity index (χ3v) is 3.30. The van der Waals surface area contributed by atoms with Crippen LogP contribution in [0.1, 0.15) is 6.23 Å². The van der Waals surface area contributed by atoms with E-state index in [1.54, 1.807) is 0 Å². The van der Waals surface area contributed by atoms with Crippen LogP contribution in [0.2, 0.25) is 0 Å². The lowest BCUT2D eigenvalue weighted by Gasteiger charge is -2.21. The van der Waals surface area contributed by atoms with Crippen LogP contribution in [0.5, 0.6) is 5.88 Å². The Morgan fingerprint density at radius 3 is 2.78 bits per heavy atom. The van der Waals surface area contributed by atoms with Crippen LogP contribution < -0.4 is 16.0 Å². The van der Waals surface area contributed by atoms with Gasteiger partial charge in [0.25, 0.3) is 5.56 Å². The third-order valence-electron chi connectivity index (χ3n) is 3.30. The van der Waals surface area contributed by atoms with E-state index in [2.05, 4.69) is 0 Å². The highest BCUT2D eigenvalue weighted by atomic mass is 16.6. The van der Waals surface area contributed by atoms with Crippen molar-refractivity contribution in [1.29, 1.82) is 0 Å². The Labute approximate surface area is 101 Å². The van der Waals surface area contributed by atoms with E-state index in [1.807, 2.05) is 0 Å². The SMILES string of the molecule is Cn1c(=O)cc2n(c1=O)[C@@H]1O[C@H](CO2)[C@H](O)[C@@H]1O. The van der Waals surface area contributed by atoms with Gasteiger partial charge in [-0.15, -0.1) is 0 Å². The standard InChI is InChI=1S/C10H12N2O6/c1-11-5(13)2-6-12(10(11)16)9-8(15)7(14)4(18-9)3-17-6/h2,4,7-9,14-15H,3H2,1H3/t4-,7+,8+,9-/m1/s1. The molecule has 0 spiro atoms. The second kappa shape index (κ2) is 3.67.